The zero-order valence-electron chi connectivity index (χ0n) is 22.7. The molecule has 0 unspecified atom stereocenters. The maximum atomic E-state index is 14.4. The van der Waals surface area contributed by atoms with Gasteiger partial charge >= 0.3 is 5.97 Å². The number of amides is 1. The molecule has 1 amide bonds. The molecule has 0 saturated carbocycles. The Morgan fingerprint density at radius 3 is 2.49 bits per heavy atom. The van der Waals surface area contributed by atoms with Crippen LogP contribution in [0.3, 0.4) is 0 Å². The average Bonchev–Trinajstić information content (AvgIpc) is 2.93. The van der Waals surface area contributed by atoms with Crippen molar-refractivity contribution < 1.29 is 28.2 Å². The third-order valence-corrected chi connectivity index (χ3v) is 6.85. The van der Waals surface area contributed by atoms with E-state index >= 15 is 0 Å². The first kappa shape index (κ1) is 27.8. The molecule has 0 saturated heterocycles. The van der Waals surface area contributed by atoms with E-state index in [2.05, 4.69) is 10.3 Å². The lowest BCUT2D eigenvalue weighted by Crippen LogP contribution is -2.43. The van der Waals surface area contributed by atoms with E-state index in [1.165, 1.54) is 19.2 Å². The van der Waals surface area contributed by atoms with Gasteiger partial charge in [0.05, 0.1) is 23.9 Å². The van der Waals surface area contributed by atoms with E-state index in [4.69, 9.17) is 14.2 Å². The molecule has 4 rings (SSSR count). The number of nitrogens with zero attached hydrogens (tertiary/aromatic N) is 2. The lowest BCUT2D eigenvalue weighted by atomic mass is 9.99. The van der Waals surface area contributed by atoms with Gasteiger partial charge in [0.2, 0.25) is 0 Å². The number of halogens is 1. The van der Waals surface area contributed by atoms with Gasteiger partial charge < -0.3 is 24.1 Å². The summed E-state index contributed by atoms with van der Waals surface area (Å²) in [5.41, 5.74) is 2.99. The summed E-state index contributed by atoms with van der Waals surface area (Å²) in [6.45, 7) is 6.10. The van der Waals surface area contributed by atoms with Crippen molar-refractivity contribution in [2.45, 2.75) is 46.1 Å². The largest absolute Gasteiger partial charge is 0.486 e. The smallest absolute Gasteiger partial charge is 0.328 e. The first-order valence-corrected chi connectivity index (χ1v) is 12.9. The van der Waals surface area contributed by atoms with Gasteiger partial charge in [-0.25, -0.2) is 14.2 Å². The second kappa shape index (κ2) is 11.7. The standard InChI is InChI=1S/C29H32FN3O6/c1-6-20-22(7-2)33(4)28(35)24(31-20)18-12-11-17(25-26(18)39-14-13-38-25)15-21(29(36)37-5)32-27(34)23-16(3)9-8-10-19(23)30/h8-12,21H,6-7,13-15H2,1-5H3,(H,32,34)/t21-/m0/s1. The SMILES string of the molecule is CCc1nc(-c2ccc(C[C@H](NC(=O)c3c(C)cccc3F)C(=O)OC)c3c2OCCO3)c(=O)n(C)c1CC. The first-order valence-electron chi connectivity index (χ1n) is 12.9. The summed E-state index contributed by atoms with van der Waals surface area (Å²) < 4.78 is 32.8. The van der Waals surface area contributed by atoms with Crippen LogP contribution in [0.5, 0.6) is 11.5 Å². The summed E-state index contributed by atoms with van der Waals surface area (Å²) in [5, 5.41) is 2.60. The molecule has 1 atom stereocenters. The third kappa shape index (κ3) is 5.36. The fraction of sp³-hybridized carbons (Fsp3) is 0.379. The molecule has 1 aliphatic rings. The van der Waals surface area contributed by atoms with Crippen LogP contribution in [0.1, 0.15) is 46.7 Å². The molecule has 0 aliphatic carbocycles. The van der Waals surface area contributed by atoms with Gasteiger partial charge in [-0.3, -0.25) is 9.59 Å². The molecule has 9 nitrogen and oxygen atoms in total. The topological polar surface area (TPSA) is 109 Å². The van der Waals surface area contributed by atoms with Crippen molar-refractivity contribution in [1.29, 1.82) is 0 Å². The zero-order valence-corrected chi connectivity index (χ0v) is 22.7. The summed E-state index contributed by atoms with van der Waals surface area (Å²) in [7, 11) is 2.94. The van der Waals surface area contributed by atoms with Crippen LogP contribution in [0.4, 0.5) is 4.39 Å². The van der Waals surface area contributed by atoms with Crippen LogP contribution in [0.2, 0.25) is 0 Å². The summed E-state index contributed by atoms with van der Waals surface area (Å²) in [5.74, 6) is -1.44. The molecular weight excluding hydrogens is 505 g/mol. The fourth-order valence-corrected chi connectivity index (χ4v) is 4.87. The van der Waals surface area contributed by atoms with Crippen molar-refractivity contribution in [2.75, 3.05) is 20.3 Å². The molecule has 39 heavy (non-hydrogen) atoms. The molecule has 1 aliphatic heterocycles. The average molecular weight is 538 g/mol. The molecule has 10 heteroatoms. The van der Waals surface area contributed by atoms with E-state index in [0.29, 0.717) is 41.0 Å². The minimum Gasteiger partial charge on any atom is -0.486 e. The van der Waals surface area contributed by atoms with E-state index in [1.807, 2.05) is 13.8 Å². The van der Waals surface area contributed by atoms with Gasteiger partial charge in [-0.1, -0.05) is 32.0 Å². The van der Waals surface area contributed by atoms with Crippen LogP contribution in [0.15, 0.2) is 35.1 Å². The van der Waals surface area contributed by atoms with Gasteiger partial charge in [0.25, 0.3) is 11.5 Å². The number of benzene rings is 2. The molecule has 206 valence electrons. The van der Waals surface area contributed by atoms with Crippen LogP contribution in [0.25, 0.3) is 11.3 Å². The summed E-state index contributed by atoms with van der Waals surface area (Å²) in [6, 6.07) is 6.58. The molecule has 0 spiro atoms. The number of ether oxygens (including phenoxy) is 3. The Morgan fingerprint density at radius 1 is 1.13 bits per heavy atom. The third-order valence-electron chi connectivity index (χ3n) is 6.85. The van der Waals surface area contributed by atoms with Gasteiger partial charge in [-0.15, -0.1) is 0 Å². The molecule has 0 bridgehead atoms. The highest BCUT2D eigenvalue weighted by molar-refractivity contribution is 5.98. The minimum atomic E-state index is -1.14. The van der Waals surface area contributed by atoms with Crippen molar-refractivity contribution in [1.82, 2.24) is 14.9 Å². The summed E-state index contributed by atoms with van der Waals surface area (Å²) >= 11 is 0. The van der Waals surface area contributed by atoms with Crippen LogP contribution in [-0.2, 0) is 35.8 Å². The monoisotopic (exact) mass is 537 g/mol. The number of carbonyl (C=O) groups excluding carboxylic acids is 2. The van der Waals surface area contributed by atoms with E-state index in [9.17, 15) is 18.8 Å². The van der Waals surface area contributed by atoms with Crippen LogP contribution in [-0.4, -0.2) is 47.8 Å². The highest BCUT2D eigenvalue weighted by Gasteiger charge is 2.30. The summed E-state index contributed by atoms with van der Waals surface area (Å²) in [6.07, 6.45) is 1.31. The van der Waals surface area contributed by atoms with E-state index < -0.39 is 23.7 Å². The Labute approximate surface area is 225 Å². The van der Waals surface area contributed by atoms with E-state index in [1.54, 1.807) is 36.7 Å². The van der Waals surface area contributed by atoms with Gasteiger partial charge in [0, 0.05) is 24.7 Å². The van der Waals surface area contributed by atoms with Crippen molar-refractivity contribution in [3.8, 4) is 22.8 Å². The Hall–Kier alpha value is -4.21. The second-order valence-electron chi connectivity index (χ2n) is 9.24. The molecule has 0 radical (unpaired) electrons. The van der Waals surface area contributed by atoms with Crippen LogP contribution >= 0.6 is 0 Å². The lowest BCUT2D eigenvalue weighted by Gasteiger charge is -2.25. The number of hydrogen-bond acceptors (Lipinski definition) is 7. The Balaban J connectivity index is 1.75. The normalized spacial score (nSPS) is 13.1. The second-order valence-corrected chi connectivity index (χ2v) is 9.24. The predicted molar refractivity (Wildman–Crippen MR) is 143 cm³/mol. The number of fused-ring (bicyclic) bond motifs is 1. The molecular formula is C29H32FN3O6. The number of hydrogen-bond donors (Lipinski definition) is 1. The lowest BCUT2D eigenvalue weighted by molar-refractivity contribution is -0.142. The molecule has 0 fully saturated rings. The number of rotatable bonds is 8. The number of carbonyl (C=O) groups is 2. The van der Waals surface area contributed by atoms with Crippen molar-refractivity contribution in [3.63, 3.8) is 0 Å². The number of aryl methyl sites for hydroxylation is 2. The Kier molecular flexibility index (Phi) is 8.32. The van der Waals surface area contributed by atoms with Crippen molar-refractivity contribution >= 4 is 11.9 Å². The zero-order chi connectivity index (χ0) is 28.3. The van der Waals surface area contributed by atoms with E-state index in [-0.39, 0.29) is 36.5 Å². The maximum absolute atomic E-state index is 14.4. The first-order chi connectivity index (χ1) is 18.7. The number of nitrogens with one attached hydrogen (secondary N) is 1. The van der Waals surface area contributed by atoms with Gasteiger partial charge in [0.15, 0.2) is 11.5 Å². The molecule has 3 aromatic rings. The Bertz CT molecular complexity index is 1460. The highest BCUT2D eigenvalue weighted by atomic mass is 19.1. The number of aromatic nitrogens is 2. The summed E-state index contributed by atoms with van der Waals surface area (Å²) in [4.78, 5) is 43.6. The quantitative estimate of drug-likeness (QED) is 0.439. The van der Waals surface area contributed by atoms with Crippen LogP contribution < -0.4 is 20.3 Å². The number of esters is 1. The fourth-order valence-electron chi connectivity index (χ4n) is 4.87. The minimum absolute atomic E-state index is 0.0156. The maximum Gasteiger partial charge on any atom is 0.328 e. The molecule has 1 N–H and O–H groups in total. The molecule has 2 aromatic carbocycles. The molecule has 1 aromatic heterocycles. The Morgan fingerprint density at radius 2 is 1.85 bits per heavy atom. The number of methoxy groups -OCH3 is 1. The van der Waals surface area contributed by atoms with Crippen molar-refractivity contribution in [2.24, 2.45) is 7.05 Å². The van der Waals surface area contributed by atoms with E-state index in [0.717, 1.165) is 11.4 Å². The van der Waals surface area contributed by atoms with Gasteiger partial charge in [-0.2, -0.15) is 0 Å². The predicted octanol–water partition coefficient (Wildman–Crippen LogP) is 3.30. The van der Waals surface area contributed by atoms with Gasteiger partial charge in [0.1, 0.15) is 30.8 Å². The van der Waals surface area contributed by atoms with Gasteiger partial charge in [-0.05, 0) is 37.5 Å². The van der Waals surface area contributed by atoms with Crippen molar-refractivity contribution in [3.05, 3.63) is 74.6 Å². The van der Waals surface area contributed by atoms with Crippen LogP contribution in [0, 0.1) is 12.7 Å². The molecule has 2 heterocycles. The highest BCUT2D eigenvalue weighted by Crippen LogP contribution is 2.42.